The molecule has 0 saturated carbocycles. The van der Waals surface area contributed by atoms with Gasteiger partial charge in [0, 0.05) is 63.7 Å². The molecular weight excluding hydrogens is 642 g/mol. The van der Waals surface area contributed by atoms with Crippen molar-refractivity contribution in [2.45, 2.75) is 81.8 Å². The molecule has 2 saturated heterocycles. The number of fused-ring (bicyclic) bond motifs is 5. The van der Waals surface area contributed by atoms with Gasteiger partial charge in [0.15, 0.2) is 5.69 Å². The van der Waals surface area contributed by atoms with Gasteiger partial charge in [-0.25, -0.2) is 4.39 Å². The van der Waals surface area contributed by atoms with E-state index in [0.717, 1.165) is 73.0 Å². The summed E-state index contributed by atoms with van der Waals surface area (Å²) in [6.45, 7) is 4.18. The monoisotopic (exact) mass is 682 g/mol. The molecule has 0 unspecified atom stereocenters. The van der Waals surface area contributed by atoms with Gasteiger partial charge in [0.1, 0.15) is 18.6 Å². The average Bonchev–Trinajstić information content (AvgIpc) is 3.73. The Morgan fingerprint density at radius 3 is 2.81 bits per heavy atom. The van der Waals surface area contributed by atoms with Gasteiger partial charge in [0.2, 0.25) is 0 Å². The molecule has 6 heterocycles. The van der Waals surface area contributed by atoms with E-state index in [-0.39, 0.29) is 22.7 Å². The van der Waals surface area contributed by atoms with Gasteiger partial charge in [-0.05, 0) is 62.9 Å². The third kappa shape index (κ3) is 5.02. The number of ether oxygens (including phenoxy) is 1. The SMILES string of the molecule is CN(C)C(=O)c1nn2c(c1Cl)CN(c1nc(OC[C@@]34CCCN3C[C@H](F)C4)nc3c1CN(C)[C@@]1(CCc4cccc(Cl)c41)C3)CCC2. The highest BCUT2D eigenvalue weighted by atomic mass is 35.5. The van der Waals surface area contributed by atoms with Gasteiger partial charge in [0.05, 0.1) is 34.0 Å². The van der Waals surface area contributed by atoms with Crippen molar-refractivity contribution in [1.29, 1.82) is 0 Å². The molecule has 13 heteroatoms. The number of carbonyl (C=O) groups excluding carboxylic acids is 1. The highest BCUT2D eigenvalue weighted by molar-refractivity contribution is 6.34. The molecule has 0 bridgehead atoms. The van der Waals surface area contributed by atoms with Crippen molar-refractivity contribution >= 4 is 34.9 Å². The Morgan fingerprint density at radius 1 is 1.13 bits per heavy atom. The summed E-state index contributed by atoms with van der Waals surface area (Å²) in [6, 6.07) is 6.53. The largest absolute Gasteiger partial charge is 0.461 e. The highest BCUT2D eigenvalue weighted by Crippen LogP contribution is 2.50. The smallest absolute Gasteiger partial charge is 0.318 e. The van der Waals surface area contributed by atoms with E-state index in [4.69, 9.17) is 37.9 Å². The van der Waals surface area contributed by atoms with Crippen LogP contribution in [0.4, 0.5) is 10.2 Å². The van der Waals surface area contributed by atoms with Crippen LogP contribution in [0.5, 0.6) is 6.01 Å². The summed E-state index contributed by atoms with van der Waals surface area (Å²) < 4.78 is 23.0. The Hall–Kier alpha value is -2.99. The van der Waals surface area contributed by atoms with Gasteiger partial charge in [-0.3, -0.25) is 19.3 Å². The molecule has 250 valence electrons. The van der Waals surface area contributed by atoms with E-state index in [9.17, 15) is 9.18 Å². The quantitative estimate of drug-likeness (QED) is 0.377. The van der Waals surface area contributed by atoms with Crippen LogP contribution in [-0.2, 0) is 38.0 Å². The Labute approximate surface area is 284 Å². The van der Waals surface area contributed by atoms with Crippen molar-refractivity contribution in [2.75, 3.05) is 52.3 Å². The Morgan fingerprint density at radius 2 is 1.98 bits per heavy atom. The lowest BCUT2D eigenvalue weighted by atomic mass is 9.81. The number of anilines is 1. The number of hydrogen-bond acceptors (Lipinski definition) is 8. The molecule has 1 aliphatic carbocycles. The molecule has 2 aromatic heterocycles. The van der Waals surface area contributed by atoms with Crippen molar-refractivity contribution in [3.8, 4) is 6.01 Å². The highest BCUT2D eigenvalue weighted by Gasteiger charge is 2.50. The number of alkyl halides is 1. The van der Waals surface area contributed by atoms with Crippen molar-refractivity contribution < 1.29 is 13.9 Å². The predicted octanol–water partition coefficient (Wildman–Crippen LogP) is 4.88. The van der Waals surface area contributed by atoms with Crippen LogP contribution in [0.3, 0.4) is 0 Å². The van der Waals surface area contributed by atoms with Gasteiger partial charge in [-0.2, -0.15) is 15.1 Å². The second-order valence-electron chi connectivity index (χ2n) is 14.3. The minimum absolute atomic E-state index is 0.220. The zero-order valence-corrected chi connectivity index (χ0v) is 28.7. The van der Waals surface area contributed by atoms with E-state index >= 15 is 0 Å². The number of likely N-dealkylation sites (N-methyl/N-ethyl adjacent to an activating group) is 1. The van der Waals surface area contributed by atoms with E-state index in [2.05, 4.69) is 32.9 Å². The molecule has 3 atom stereocenters. The molecule has 47 heavy (non-hydrogen) atoms. The summed E-state index contributed by atoms with van der Waals surface area (Å²) in [5.74, 6) is 0.591. The number of rotatable bonds is 5. The van der Waals surface area contributed by atoms with Crippen LogP contribution in [0.1, 0.15) is 70.7 Å². The lowest BCUT2D eigenvalue weighted by Crippen LogP contribution is -2.48. The van der Waals surface area contributed by atoms with Crippen LogP contribution in [0, 0.1) is 0 Å². The normalized spacial score (nSPS) is 27.0. The van der Waals surface area contributed by atoms with Crippen LogP contribution >= 0.6 is 23.2 Å². The summed E-state index contributed by atoms with van der Waals surface area (Å²) in [5.41, 5.74) is 4.98. The van der Waals surface area contributed by atoms with E-state index in [1.807, 2.05) is 16.8 Å². The summed E-state index contributed by atoms with van der Waals surface area (Å²) >= 11 is 13.8. The van der Waals surface area contributed by atoms with E-state index in [1.54, 1.807) is 14.1 Å². The number of hydrogen-bond donors (Lipinski definition) is 0. The van der Waals surface area contributed by atoms with Crippen LogP contribution in [-0.4, -0.2) is 99.5 Å². The first kappa shape index (κ1) is 31.3. The summed E-state index contributed by atoms with van der Waals surface area (Å²) in [7, 11) is 5.57. The standard InChI is InChI=1S/C34H41Cl2FN8O2/c1-41(2)31(46)29-28(36)26-19-43(12-6-14-45(26)40-29)30-23-18-42(3)34(11-9-21-7-4-8-24(35)27(21)34)16-25(23)38-32(39-30)47-20-33-10-5-13-44(33)17-22(37)15-33/h4,7-8,22H,5-6,9-20H2,1-3H3/t22-,33+,34+/m1/s1. The number of benzene rings is 1. The maximum atomic E-state index is 14.6. The molecule has 0 N–H and O–H groups in total. The topological polar surface area (TPSA) is 82.9 Å². The number of amides is 1. The first-order valence-corrected chi connectivity index (χ1v) is 17.5. The lowest BCUT2D eigenvalue weighted by molar-refractivity contribution is 0.0821. The van der Waals surface area contributed by atoms with Gasteiger partial charge in [-0.15, -0.1) is 0 Å². The minimum Gasteiger partial charge on any atom is -0.461 e. The van der Waals surface area contributed by atoms with Gasteiger partial charge in [0.25, 0.3) is 5.91 Å². The third-order valence-corrected chi connectivity index (χ3v) is 12.0. The molecule has 5 aliphatic rings. The average molecular weight is 684 g/mol. The number of aromatic nitrogens is 4. The van der Waals surface area contributed by atoms with Gasteiger partial charge < -0.3 is 14.5 Å². The van der Waals surface area contributed by atoms with Gasteiger partial charge >= 0.3 is 6.01 Å². The van der Waals surface area contributed by atoms with Crippen LogP contribution in [0.15, 0.2) is 18.2 Å². The van der Waals surface area contributed by atoms with Crippen molar-refractivity contribution in [3.63, 3.8) is 0 Å². The van der Waals surface area contributed by atoms with Crippen LogP contribution < -0.4 is 9.64 Å². The van der Waals surface area contributed by atoms with E-state index < -0.39 is 6.17 Å². The first-order chi connectivity index (χ1) is 22.6. The minimum atomic E-state index is -0.836. The molecule has 2 fully saturated rings. The number of aryl methyl sites for hydroxylation is 2. The van der Waals surface area contributed by atoms with Gasteiger partial charge in [-0.1, -0.05) is 35.3 Å². The van der Waals surface area contributed by atoms with E-state index in [0.29, 0.717) is 56.7 Å². The number of halogens is 3. The zero-order chi connectivity index (χ0) is 32.7. The number of nitrogens with zero attached hydrogens (tertiary/aromatic N) is 8. The molecular formula is C34H41Cl2FN8O2. The molecule has 4 aliphatic heterocycles. The fourth-order valence-electron chi connectivity index (χ4n) is 8.91. The van der Waals surface area contributed by atoms with E-state index in [1.165, 1.54) is 16.0 Å². The van der Waals surface area contributed by atoms with Crippen LogP contribution in [0.25, 0.3) is 0 Å². The Balaban J connectivity index is 1.19. The Bertz CT molecular complexity index is 1750. The second-order valence-corrected chi connectivity index (χ2v) is 15.0. The summed E-state index contributed by atoms with van der Waals surface area (Å²) in [5, 5.41) is 5.79. The maximum absolute atomic E-state index is 14.6. The fraction of sp³-hybridized carbons (Fsp3) is 0.588. The molecule has 1 spiro atoms. The first-order valence-electron chi connectivity index (χ1n) is 16.7. The molecule has 10 nitrogen and oxygen atoms in total. The third-order valence-electron chi connectivity index (χ3n) is 11.3. The van der Waals surface area contributed by atoms with Crippen molar-refractivity contribution in [2.24, 2.45) is 0 Å². The Kier molecular flexibility index (Phi) is 7.70. The van der Waals surface area contributed by atoms with Crippen molar-refractivity contribution in [3.05, 3.63) is 62.0 Å². The molecule has 1 aromatic carbocycles. The molecule has 0 radical (unpaired) electrons. The molecule has 8 rings (SSSR count). The summed E-state index contributed by atoms with van der Waals surface area (Å²) in [6.07, 6.45) is 5.00. The second kappa shape index (κ2) is 11.6. The lowest BCUT2D eigenvalue weighted by Gasteiger charge is -2.45. The maximum Gasteiger partial charge on any atom is 0.318 e. The zero-order valence-electron chi connectivity index (χ0n) is 27.2. The summed E-state index contributed by atoms with van der Waals surface area (Å²) in [4.78, 5) is 31.5. The predicted molar refractivity (Wildman–Crippen MR) is 178 cm³/mol. The van der Waals surface area contributed by atoms with Crippen LogP contribution in [0.2, 0.25) is 10.0 Å². The molecule has 1 amide bonds. The van der Waals surface area contributed by atoms with Crippen molar-refractivity contribution in [1.82, 2.24) is 34.4 Å². The fourth-order valence-corrected chi connectivity index (χ4v) is 9.56. The molecule has 3 aromatic rings. The number of carbonyl (C=O) groups is 1.